The van der Waals surface area contributed by atoms with Gasteiger partial charge in [-0.25, -0.2) is 0 Å². The molecule has 1 saturated heterocycles. The number of ether oxygens (including phenoxy) is 1. The number of likely N-dealkylation sites (tertiary alicyclic amines) is 1. The molecule has 1 aromatic carbocycles. The lowest BCUT2D eigenvalue weighted by Gasteiger charge is -2.37. The molecular weight excluding hydrogens is 339 g/mol. The minimum Gasteiger partial charge on any atom is -0.481 e. The van der Waals surface area contributed by atoms with Gasteiger partial charge < -0.3 is 14.7 Å². The highest BCUT2D eigenvalue weighted by Crippen LogP contribution is 2.36. The fourth-order valence-electron chi connectivity index (χ4n) is 2.89. The Morgan fingerprint density at radius 2 is 1.92 bits per heavy atom. The molecule has 1 amide bonds. The number of nitrogens with zero attached hydrogens (tertiary/aromatic N) is 1. The first-order valence-electron chi connectivity index (χ1n) is 7.97. The van der Waals surface area contributed by atoms with E-state index in [4.69, 9.17) is 9.84 Å². The lowest BCUT2D eigenvalue weighted by atomic mass is 9.93. The van der Waals surface area contributed by atoms with Gasteiger partial charge in [-0.15, -0.1) is 0 Å². The molecule has 2 rings (SSSR count). The van der Waals surface area contributed by atoms with E-state index in [0.717, 1.165) is 12.1 Å². The van der Waals surface area contributed by atoms with Crippen LogP contribution in [0, 0.1) is 5.92 Å². The van der Waals surface area contributed by atoms with Gasteiger partial charge >= 0.3 is 12.1 Å². The van der Waals surface area contributed by atoms with E-state index in [0.29, 0.717) is 12.8 Å². The Morgan fingerprint density at radius 1 is 1.28 bits per heavy atom. The maximum Gasteiger partial charge on any atom is 0.419 e. The van der Waals surface area contributed by atoms with Gasteiger partial charge in [-0.3, -0.25) is 9.59 Å². The number of hydrogen-bond acceptors (Lipinski definition) is 3. The number of amides is 1. The molecular formula is C17H20F3NO4. The number of alkyl halides is 3. The van der Waals surface area contributed by atoms with Gasteiger partial charge in [0, 0.05) is 12.6 Å². The van der Waals surface area contributed by atoms with Crippen LogP contribution in [0.5, 0.6) is 5.75 Å². The molecule has 1 aliphatic heterocycles. The summed E-state index contributed by atoms with van der Waals surface area (Å²) in [7, 11) is 0. The van der Waals surface area contributed by atoms with Gasteiger partial charge in [-0.05, 0) is 38.8 Å². The second kappa shape index (κ2) is 7.33. The van der Waals surface area contributed by atoms with Gasteiger partial charge in [0.25, 0.3) is 5.91 Å². The number of para-hydroxylation sites is 1. The molecule has 0 aromatic heterocycles. The van der Waals surface area contributed by atoms with E-state index in [9.17, 15) is 22.8 Å². The van der Waals surface area contributed by atoms with E-state index < -0.39 is 41.4 Å². The van der Waals surface area contributed by atoms with Gasteiger partial charge in [-0.1, -0.05) is 12.1 Å². The van der Waals surface area contributed by atoms with Crippen LogP contribution in [0.25, 0.3) is 0 Å². The predicted molar refractivity (Wildman–Crippen MR) is 83.1 cm³/mol. The van der Waals surface area contributed by atoms with Crippen molar-refractivity contribution < 1.29 is 32.6 Å². The summed E-state index contributed by atoms with van der Waals surface area (Å²) in [6.07, 6.45) is -4.76. The number of piperidine rings is 1. The molecule has 1 aromatic rings. The van der Waals surface area contributed by atoms with Crippen LogP contribution in [-0.4, -0.2) is 40.6 Å². The summed E-state index contributed by atoms with van der Waals surface area (Å²) in [5.41, 5.74) is -0.954. The number of benzene rings is 1. The third-order valence-electron chi connectivity index (χ3n) is 4.36. The molecule has 0 spiro atoms. The average Bonchev–Trinajstić information content (AvgIpc) is 2.53. The summed E-state index contributed by atoms with van der Waals surface area (Å²) in [5, 5.41) is 9.13. The van der Waals surface area contributed by atoms with Crippen LogP contribution >= 0.6 is 0 Å². The zero-order chi connectivity index (χ0) is 18.8. The van der Waals surface area contributed by atoms with Crippen LogP contribution in [0.3, 0.4) is 0 Å². The van der Waals surface area contributed by atoms with Crippen molar-refractivity contribution in [3.8, 4) is 5.75 Å². The SMILES string of the molecule is CC(Oc1ccccc1C(F)(F)F)C(=O)N1CC(C(=O)O)CCC1C. The zero-order valence-corrected chi connectivity index (χ0v) is 13.9. The summed E-state index contributed by atoms with van der Waals surface area (Å²) in [6, 6.07) is 4.49. The monoisotopic (exact) mass is 359 g/mol. The first kappa shape index (κ1) is 19.1. The lowest BCUT2D eigenvalue weighted by molar-refractivity contribution is -0.151. The minimum atomic E-state index is -4.59. The third kappa shape index (κ3) is 4.43. The highest BCUT2D eigenvalue weighted by Gasteiger charge is 2.37. The van der Waals surface area contributed by atoms with Gasteiger partial charge in [-0.2, -0.15) is 13.2 Å². The Hall–Kier alpha value is -2.25. The largest absolute Gasteiger partial charge is 0.481 e. The number of carboxylic acid groups (broad SMARTS) is 1. The molecule has 1 fully saturated rings. The van der Waals surface area contributed by atoms with E-state index in [1.54, 1.807) is 6.92 Å². The Kier molecular flexibility index (Phi) is 5.59. The van der Waals surface area contributed by atoms with Crippen LogP contribution in [-0.2, 0) is 15.8 Å². The highest BCUT2D eigenvalue weighted by atomic mass is 19.4. The van der Waals surface area contributed by atoms with Crippen LogP contribution in [0.4, 0.5) is 13.2 Å². The molecule has 0 saturated carbocycles. The zero-order valence-electron chi connectivity index (χ0n) is 13.9. The fourth-order valence-corrected chi connectivity index (χ4v) is 2.89. The summed E-state index contributed by atoms with van der Waals surface area (Å²) in [5.74, 6) is -2.60. The molecule has 3 unspecified atom stereocenters. The van der Waals surface area contributed by atoms with Gasteiger partial charge in [0.15, 0.2) is 6.10 Å². The molecule has 1 N–H and O–H groups in total. The molecule has 0 radical (unpaired) electrons. The Balaban J connectivity index is 2.14. The maximum atomic E-state index is 13.0. The molecule has 1 heterocycles. The molecule has 25 heavy (non-hydrogen) atoms. The number of carbonyl (C=O) groups excluding carboxylic acids is 1. The molecule has 0 aliphatic carbocycles. The molecule has 5 nitrogen and oxygen atoms in total. The van der Waals surface area contributed by atoms with Crippen molar-refractivity contribution in [2.45, 2.75) is 45.0 Å². The van der Waals surface area contributed by atoms with Gasteiger partial charge in [0.2, 0.25) is 0 Å². The number of aliphatic carboxylic acids is 1. The van der Waals surface area contributed by atoms with Crippen molar-refractivity contribution >= 4 is 11.9 Å². The lowest BCUT2D eigenvalue weighted by Crippen LogP contribution is -2.51. The second-order valence-corrected chi connectivity index (χ2v) is 6.21. The van der Waals surface area contributed by atoms with Crippen molar-refractivity contribution in [2.75, 3.05) is 6.54 Å². The van der Waals surface area contributed by atoms with E-state index in [1.165, 1.54) is 24.0 Å². The van der Waals surface area contributed by atoms with Crippen LogP contribution in [0.15, 0.2) is 24.3 Å². The van der Waals surface area contributed by atoms with Crippen molar-refractivity contribution in [3.63, 3.8) is 0 Å². The highest BCUT2D eigenvalue weighted by molar-refractivity contribution is 5.82. The van der Waals surface area contributed by atoms with Crippen LogP contribution < -0.4 is 4.74 Å². The van der Waals surface area contributed by atoms with Crippen LogP contribution in [0.2, 0.25) is 0 Å². The average molecular weight is 359 g/mol. The molecule has 1 aliphatic rings. The quantitative estimate of drug-likeness (QED) is 0.897. The smallest absolute Gasteiger partial charge is 0.419 e. The van der Waals surface area contributed by atoms with E-state index in [-0.39, 0.29) is 12.6 Å². The summed E-state index contributed by atoms with van der Waals surface area (Å²) < 4.78 is 44.3. The van der Waals surface area contributed by atoms with Gasteiger partial charge in [0.05, 0.1) is 11.5 Å². The first-order valence-corrected chi connectivity index (χ1v) is 7.97. The minimum absolute atomic E-state index is 0.0317. The maximum absolute atomic E-state index is 13.0. The molecule has 8 heteroatoms. The van der Waals surface area contributed by atoms with E-state index >= 15 is 0 Å². The molecule has 3 atom stereocenters. The summed E-state index contributed by atoms with van der Waals surface area (Å²) >= 11 is 0. The Bertz CT molecular complexity index is 647. The topological polar surface area (TPSA) is 66.8 Å². The number of halogens is 3. The van der Waals surface area contributed by atoms with Crippen molar-refractivity contribution in [3.05, 3.63) is 29.8 Å². The third-order valence-corrected chi connectivity index (χ3v) is 4.36. The van der Waals surface area contributed by atoms with E-state index in [2.05, 4.69) is 0 Å². The van der Waals surface area contributed by atoms with Gasteiger partial charge in [0.1, 0.15) is 5.75 Å². The van der Waals surface area contributed by atoms with Crippen molar-refractivity contribution in [2.24, 2.45) is 5.92 Å². The van der Waals surface area contributed by atoms with E-state index in [1.807, 2.05) is 0 Å². The number of carboxylic acids is 1. The fraction of sp³-hybridized carbons (Fsp3) is 0.529. The number of hydrogen-bond donors (Lipinski definition) is 1. The standard InChI is InChI=1S/C17H20F3NO4/c1-10-7-8-12(16(23)24)9-21(10)15(22)11(2)25-14-6-4-3-5-13(14)17(18,19)20/h3-6,10-12H,7-9H2,1-2H3,(H,23,24). The summed E-state index contributed by atoms with van der Waals surface area (Å²) in [6.45, 7) is 3.18. The number of rotatable bonds is 4. The first-order chi connectivity index (χ1) is 11.6. The molecule has 0 bridgehead atoms. The van der Waals surface area contributed by atoms with Crippen molar-refractivity contribution in [1.82, 2.24) is 4.90 Å². The van der Waals surface area contributed by atoms with Crippen LogP contribution in [0.1, 0.15) is 32.3 Å². The summed E-state index contributed by atoms with van der Waals surface area (Å²) in [4.78, 5) is 25.1. The van der Waals surface area contributed by atoms with Crippen molar-refractivity contribution in [1.29, 1.82) is 0 Å². The normalized spacial score (nSPS) is 22.4. The second-order valence-electron chi connectivity index (χ2n) is 6.21. The Labute approximate surface area is 143 Å². The Morgan fingerprint density at radius 3 is 2.52 bits per heavy atom. The predicted octanol–water partition coefficient (Wildman–Crippen LogP) is 3.18. The molecule has 138 valence electrons. The number of carbonyl (C=O) groups is 2.